The molecule has 0 aromatic heterocycles. The number of carbonyl (C=O) groups excluding carboxylic acids is 1. The number of anilines is 2. The summed E-state index contributed by atoms with van der Waals surface area (Å²) in [5.41, 5.74) is 9.09. The van der Waals surface area contributed by atoms with Crippen LogP contribution in [0, 0.1) is 0 Å². The first-order chi connectivity index (χ1) is 13.2. The Hall–Kier alpha value is -2.28. The van der Waals surface area contributed by atoms with E-state index >= 15 is 0 Å². The lowest BCUT2D eigenvalue weighted by Gasteiger charge is -2.20. The molecule has 0 radical (unpaired) electrons. The summed E-state index contributed by atoms with van der Waals surface area (Å²) < 4.78 is 5.24. The maximum Gasteiger partial charge on any atom is 0.249 e. The van der Waals surface area contributed by atoms with E-state index < -0.39 is 0 Å². The van der Waals surface area contributed by atoms with Gasteiger partial charge in [-0.2, -0.15) is 0 Å². The molecule has 0 aliphatic carbocycles. The summed E-state index contributed by atoms with van der Waals surface area (Å²) in [5, 5.41) is 3.93. The summed E-state index contributed by atoms with van der Waals surface area (Å²) in [4.78, 5) is 14.7. The number of rotatable bonds is 5. The number of amides is 1. The molecule has 2 heterocycles. The molecule has 0 saturated carbocycles. The molecule has 3 N–H and O–H groups in total. The Morgan fingerprint density at radius 3 is 2.74 bits per heavy atom. The van der Waals surface area contributed by atoms with Gasteiger partial charge in [0.15, 0.2) is 0 Å². The third-order valence-electron chi connectivity index (χ3n) is 5.17. The third kappa shape index (κ3) is 3.74. The zero-order valence-corrected chi connectivity index (χ0v) is 15.9. The van der Waals surface area contributed by atoms with Gasteiger partial charge in [0.2, 0.25) is 5.91 Å². The third-order valence-corrected chi connectivity index (χ3v) is 5.47. The van der Waals surface area contributed by atoms with Crippen molar-refractivity contribution in [2.45, 2.75) is 18.4 Å². The lowest BCUT2D eigenvalue weighted by molar-refractivity contribution is -0.117. The number of nitrogens with one attached hydrogen (secondary N) is 3. The molecule has 2 aliphatic heterocycles. The summed E-state index contributed by atoms with van der Waals surface area (Å²) >= 11 is 6.53. The van der Waals surface area contributed by atoms with Crippen LogP contribution in [0.4, 0.5) is 11.4 Å². The molecule has 142 valence electrons. The van der Waals surface area contributed by atoms with Crippen LogP contribution >= 0.6 is 11.6 Å². The van der Waals surface area contributed by atoms with Crippen LogP contribution in [-0.2, 0) is 4.79 Å². The summed E-state index contributed by atoms with van der Waals surface area (Å²) in [5.74, 6) is 1.20. The van der Waals surface area contributed by atoms with Crippen LogP contribution in [-0.4, -0.2) is 38.7 Å². The lowest BCUT2D eigenvalue weighted by Crippen LogP contribution is -2.33. The number of nitrogens with zero attached hydrogens (tertiary/aromatic N) is 1. The quantitative estimate of drug-likeness (QED) is 0.737. The first-order valence-electron chi connectivity index (χ1n) is 9.13. The Labute approximate surface area is 163 Å². The second kappa shape index (κ2) is 7.76. The van der Waals surface area contributed by atoms with E-state index in [-0.39, 0.29) is 11.9 Å². The first kappa shape index (κ1) is 18.1. The van der Waals surface area contributed by atoms with Crippen LogP contribution in [0.3, 0.4) is 0 Å². The van der Waals surface area contributed by atoms with Crippen LogP contribution < -0.4 is 25.8 Å². The molecule has 1 atom stereocenters. The fourth-order valence-corrected chi connectivity index (χ4v) is 3.95. The highest BCUT2D eigenvalue weighted by Gasteiger charge is 2.33. The van der Waals surface area contributed by atoms with E-state index in [0.29, 0.717) is 17.5 Å². The Kier molecular flexibility index (Phi) is 5.20. The molecule has 0 spiro atoms. The van der Waals surface area contributed by atoms with E-state index in [1.54, 1.807) is 12.0 Å². The average Bonchev–Trinajstić information content (AvgIpc) is 3.33. The summed E-state index contributed by atoms with van der Waals surface area (Å²) in [6, 6.07) is 13.3. The standard InChI is InChI=1S/C20H23ClN4O2/c1-27-16-4-2-3-15(10-16)24-18-7-8-25(20(18)26)19-6-5-13(9-17(19)21)14-11-22-23-12-14/h2-6,9-10,14,18,22-24H,7-8,11-12H2,1H3. The van der Waals surface area contributed by atoms with Gasteiger partial charge < -0.3 is 15.0 Å². The van der Waals surface area contributed by atoms with E-state index in [4.69, 9.17) is 16.3 Å². The predicted octanol–water partition coefficient (Wildman–Crippen LogP) is 2.76. The highest BCUT2D eigenvalue weighted by Crippen LogP contribution is 2.33. The highest BCUT2D eigenvalue weighted by atomic mass is 35.5. The zero-order valence-electron chi connectivity index (χ0n) is 15.2. The van der Waals surface area contributed by atoms with Gasteiger partial charge in [-0.25, -0.2) is 0 Å². The van der Waals surface area contributed by atoms with E-state index in [9.17, 15) is 4.79 Å². The van der Waals surface area contributed by atoms with Crippen molar-refractivity contribution in [1.29, 1.82) is 0 Å². The van der Waals surface area contributed by atoms with Gasteiger partial charge in [0.05, 0.1) is 17.8 Å². The van der Waals surface area contributed by atoms with Gasteiger partial charge in [0.25, 0.3) is 0 Å². The SMILES string of the molecule is COc1cccc(NC2CCN(c3ccc(C4CNNC4)cc3Cl)C2=O)c1. The Bertz CT molecular complexity index is 838. The van der Waals surface area contributed by atoms with Crippen molar-refractivity contribution in [3.05, 3.63) is 53.1 Å². The molecule has 2 fully saturated rings. The van der Waals surface area contributed by atoms with Gasteiger partial charge in [-0.3, -0.25) is 15.6 Å². The van der Waals surface area contributed by atoms with Crippen LogP contribution in [0.25, 0.3) is 0 Å². The number of halogens is 1. The number of methoxy groups -OCH3 is 1. The average molecular weight is 387 g/mol. The lowest BCUT2D eigenvalue weighted by atomic mass is 10.00. The molecule has 2 aliphatic rings. The van der Waals surface area contributed by atoms with Crippen molar-refractivity contribution in [2.24, 2.45) is 0 Å². The van der Waals surface area contributed by atoms with E-state index in [1.165, 1.54) is 5.56 Å². The van der Waals surface area contributed by atoms with E-state index in [0.717, 1.165) is 36.6 Å². The number of hydrazine groups is 1. The molecule has 6 nitrogen and oxygen atoms in total. The predicted molar refractivity (Wildman–Crippen MR) is 108 cm³/mol. The van der Waals surface area contributed by atoms with Crippen molar-refractivity contribution in [3.8, 4) is 5.75 Å². The van der Waals surface area contributed by atoms with Gasteiger partial charge in [0.1, 0.15) is 11.8 Å². The zero-order chi connectivity index (χ0) is 18.8. The molecule has 1 unspecified atom stereocenters. The number of hydrogen-bond acceptors (Lipinski definition) is 5. The Balaban J connectivity index is 1.48. The van der Waals surface area contributed by atoms with E-state index in [1.807, 2.05) is 36.4 Å². The second-order valence-corrected chi connectivity index (χ2v) is 7.28. The Morgan fingerprint density at radius 1 is 1.19 bits per heavy atom. The fraction of sp³-hybridized carbons (Fsp3) is 0.350. The molecule has 27 heavy (non-hydrogen) atoms. The van der Waals surface area contributed by atoms with Crippen LogP contribution in [0.1, 0.15) is 17.9 Å². The van der Waals surface area contributed by atoms with Crippen LogP contribution in [0.15, 0.2) is 42.5 Å². The summed E-state index contributed by atoms with van der Waals surface area (Å²) in [7, 11) is 1.63. The van der Waals surface area contributed by atoms with Crippen molar-refractivity contribution in [1.82, 2.24) is 10.9 Å². The smallest absolute Gasteiger partial charge is 0.249 e. The topological polar surface area (TPSA) is 65.6 Å². The molecule has 4 rings (SSSR count). The number of hydrogen-bond donors (Lipinski definition) is 3. The van der Waals surface area contributed by atoms with Gasteiger partial charge in [0, 0.05) is 37.3 Å². The maximum absolute atomic E-state index is 12.9. The molecule has 1 amide bonds. The van der Waals surface area contributed by atoms with Crippen molar-refractivity contribution in [2.75, 3.05) is 37.0 Å². The minimum Gasteiger partial charge on any atom is -0.497 e. The molecular formula is C20H23ClN4O2. The largest absolute Gasteiger partial charge is 0.497 e. The Morgan fingerprint density at radius 2 is 2.00 bits per heavy atom. The fourth-order valence-electron chi connectivity index (χ4n) is 3.66. The molecule has 0 bridgehead atoms. The second-order valence-electron chi connectivity index (χ2n) is 6.88. The monoisotopic (exact) mass is 386 g/mol. The first-order valence-corrected chi connectivity index (χ1v) is 9.50. The minimum absolute atomic E-state index is 0.0386. The molecule has 7 heteroatoms. The van der Waals surface area contributed by atoms with Crippen molar-refractivity contribution < 1.29 is 9.53 Å². The van der Waals surface area contributed by atoms with Gasteiger partial charge in [-0.1, -0.05) is 23.7 Å². The van der Waals surface area contributed by atoms with Crippen LogP contribution in [0.5, 0.6) is 5.75 Å². The number of ether oxygens (including phenoxy) is 1. The molecular weight excluding hydrogens is 364 g/mol. The van der Waals surface area contributed by atoms with Crippen molar-refractivity contribution in [3.63, 3.8) is 0 Å². The molecule has 2 aromatic rings. The summed E-state index contributed by atoms with van der Waals surface area (Å²) in [6.07, 6.45) is 0.727. The molecule has 2 aromatic carbocycles. The van der Waals surface area contributed by atoms with Gasteiger partial charge >= 0.3 is 0 Å². The highest BCUT2D eigenvalue weighted by molar-refractivity contribution is 6.34. The molecule has 2 saturated heterocycles. The number of carbonyl (C=O) groups is 1. The minimum atomic E-state index is -0.268. The maximum atomic E-state index is 12.9. The van der Waals surface area contributed by atoms with Crippen molar-refractivity contribution >= 4 is 28.9 Å². The van der Waals surface area contributed by atoms with Gasteiger partial charge in [-0.15, -0.1) is 0 Å². The van der Waals surface area contributed by atoms with E-state index in [2.05, 4.69) is 22.2 Å². The van der Waals surface area contributed by atoms with Crippen LogP contribution in [0.2, 0.25) is 5.02 Å². The van der Waals surface area contributed by atoms with Gasteiger partial charge in [-0.05, 0) is 36.2 Å². The normalized spacial score (nSPS) is 20.3. The number of benzene rings is 2. The summed E-state index contributed by atoms with van der Waals surface area (Å²) in [6.45, 7) is 2.40.